The molecule has 4 nitrogen and oxygen atoms in total. The number of anilines is 1. The van der Waals surface area contributed by atoms with E-state index in [2.05, 4.69) is 21.2 Å². The lowest BCUT2D eigenvalue weighted by atomic mass is 10.3. The standard InChI is InChI=1S/C11H12BrClN2O2/c1-15(9-5-3-2-4-8(9)12)11(17)7-14-10(16)6-13/h2-5H,6-7H2,1H3,(H,14,16). The first-order chi connectivity index (χ1) is 8.06. The molecule has 0 aliphatic rings. The summed E-state index contributed by atoms with van der Waals surface area (Å²) in [5.41, 5.74) is 0.748. The van der Waals surface area contributed by atoms with Gasteiger partial charge in [0.15, 0.2) is 0 Å². The number of hydrogen-bond donors (Lipinski definition) is 1. The lowest BCUT2D eigenvalue weighted by molar-refractivity contribution is -0.123. The van der Waals surface area contributed by atoms with E-state index in [1.165, 1.54) is 4.90 Å². The average molecular weight is 320 g/mol. The predicted octanol–water partition coefficient (Wildman–Crippen LogP) is 1.77. The third kappa shape index (κ3) is 4.02. The summed E-state index contributed by atoms with van der Waals surface area (Å²) in [6, 6.07) is 7.35. The molecule has 92 valence electrons. The van der Waals surface area contributed by atoms with Crippen LogP contribution in [0.1, 0.15) is 0 Å². The number of carbonyl (C=O) groups is 2. The second-order valence-corrected chi connectivity index (χ2v) is 4.44. The van der Waals surface area contributed by atoms with Crippen molar-refractivity contribution in [1.29, 1.82) is 0 Å². The van der Waals surface area contributed by atoms with Crippen molar-refractivity contribution in [1.82, 2.24) is 5.32 Å². The number of amides is 2. The van der Waals surface area contributed by atoms with Gasteiger partial charge < -0.3 is 10.2 Å². The summed E-state index contributed by atoms with van der Waals surface area (Å²) in [6.07, 6.45) is 0. The molecule has 0 bridgehead atoms. The Morgan fingerprint density at radius 3 is 2.65 bits per heavy atom. The number of halogens is 2. The molecule has 0 radical (unpaired) electrons. The molecule has 17 heavy (non-hydrogen) atoms. The maximum absolute atomic E-state index is 11.8. The van der Waals surface area contributed by atoms with Gasteiger partial charge in [0, 0.05) is 11.5 Å². The van der Waals surface area contributed by atoms with Crippen LogP contribution in [-0.2, 0) is 9.59 Å². The molecule has 0 aliphatic heterocycles. The van der Waals surface area contributed by atoms with Crippen molar-refractivity contribution in [2.45, 2.75) is 0 Å². The maximum atomic E-state index is 11.8. The highest BCUT2D eigenvalue weighted by Crippen LogP contribution is 2.24. The van der Waals surface area contributed by atoms with Gasteiger partial charge in [-0.2, -0.15) is 0 Å². The van der Waals surface area contributed by atoms with Crippen molar-refractivity contribution in [2.75, 3.05) is 24.4 Å². The van der Waals surface area contributed by atoms with Crippen molar-refractivity contribution in [3.8, 4) is 0 Å². The Hall–Kier alpha value is -1.07. The van der Waals surface area contributed by atoms with E-state index in [-0.39, 0.29) is 24.2 Å². The van der Waals surface area contributed by atoms with Crippen LogP contribution in [0.4, 0.5) is 5.69 Å². The SMILES string of the molecule is CN(C(=O)CNC(=O)CCl)c1ccccc1Br. The Kier molecular flexibility index (Phi) is 5.44. The van der Waals surface area contributed by atoms with Gasteiger partial charge >= 0.3 is 0 Å². The number of nitrogens with one attached hydrogen (secondary N) is 1. The molecule has 1 rings (SSSR count). The summed E-state index contributed by atoms with van der Waals surface area (Å²) < 4.78 is 0.819. The van der Waals surface area contributed by atoms with Crippen LogP contribution in [0, 0.1) is 0 Å². The van der Waals surface area contributed by atoms with Gasteiger partial charge in [0.1, 0.15) is 5.88 Å². The summed E-state index contributed by atoms with van der Waals surface area (Å²) >= 11 is 8.67. The average Bonchev–Trinajstić information content (AvgIpc) is 2.35. The second-order valence-electron chi connectivity index (χ2n) is 3.31. The fraction of sp³-hybridized carbons (Fsp3) is 0.273. The molecule has 0 atom stereocenters. The van der Waals surface area contributed by atoms with E-state index in [9.17, 15) is 9.59 Å². The van der Waals surface area contributed by atoms with Crippen molar-refractivity contribution in [3.63, 3.8) is 0 Å². The van der Waals surface area contributed by atoms with Gasteiger partial charge in [-0.1, -0.05) is 12.1 Å². The van der Waals surface area contributed by atoms with E-state index in [0.29, 0.717) is 0 Å². The quantitative estimate of drug-likeness (QED) is 0.860. The zero-order valence-electron chi connectivity index (χ0n) is 9.24. The minimum Gasteiger partial charge on any atom is -0.346 e. The van der Waals surface area contributed by atoms with E-state index >= 15 is 0 Å². The highest BCUT2D eigenvalue weighted by atomic mass is 79.9. The van der Waals surface area contributed by atoms with E-state index in [0.717, 1.165) is 10.2 Å². The highest BCUT2D eigenvalue weighted by molar-refractivity contribution is 9.10. The molecule has 1 aromatic carbocycles. The molecule has 0 saturated carbocycles. The molecule has 0 unspecified atom stereocenters. The first-order valence-corrected chi connectivity index (χ1v) is 6.22. The van der Waals surface area contributed by atoms with Crippen molar-refractivity contribution >= 4 is 45.0 Å². The molecule has 1 N–H and O–H groups in total. The van der Waals surface area contributed by atoms with Crippen LogP contribution in [0.15, 0.2) is 28.7 Å². The second kappa shape index (κ2) is 6.61. The predicted molar refractivity (Wildman–Crippen MR) is 71.3 cm³/mol. The van der Waals surface area contributed by atoms with Gasteiger partial charge in [-0.15, -0.1) is 11.6 Å². The molecule has 0 spiro atoms. The van der Waals surface area contributed by atoms with Crippen molar-refractivity contribution in [3.05, 3.63) is 28.7 Å². The summed E-state index contributed by atoms with van der Waals surface area (Å²) in [5.74, 6) is -0.720. The van der Waals surface area contributed by atoms with Crippen LogP contribution in [0.2, 0.25) is 0 Å². The number of alkyl halides is 1. The maximum Gasteiger partial charge on any atom is 0.246 e. The van der Waals surface area contributed by atoms with Gasteiger partial charge in [0.25, 0.3) is 0 Å². The van der Waals surface area contributed by atoms with E-state index in [1.807, 2.05) is 24.3 Å². The monoisotopic (exact) mass is 318 g/mol. The highest BCUT2D eigenvalue weighted by Gasteiger charge is 2.13. The smallest absolute Gasteiger partial charge is 0.246 e. The van der Waals surface area contributed by atoms with Gasteiger partial charge in [-0.3, -0.25) is 9.59 Å². The van der Waals surface area contributed by atoms with Crippen molar-refractivity contribution < 1.29 is 9.59 Å². The number of carbonyl (C=O) groups excluding carboxylic acids is 2. The van der Waals surface area contributed by atoms with Crippen LogP contribution in [0.25, 0.3) is 0 Å². The summed E-state index contributed by atoms with van der Waals surface area (Å²) in [7, 11) is 1.65. The van der Waals surface area contributed by atoms with Crippen LogP contribution < -0.4 is 10.2 Å². The molecule has 1 aromatic rings. The zero-order chi connectivity index (χ0) is 12.8. The summed E-state index contributed by atoms with van der Waals surface area (Å²) in [5, 5.41) is 2.42. The fourth-order valence-corrected chi connectivity index (χ4v) is 1.84. The van der Waals surface area contributed by atoms with Crippen LogP contribution in [0.3, 0.4) is 0 Å². The number of likely N-dealkylation sites (N-methyl/N-ethyl adjacent to an activating group) is 1. The number of benzene rings is 1. The Labute approximate surface area is 113 Å². The molecular weight excluding hydrogens is 307 g/mol. The Morgan fingerprint density at radius 1 is 1.41 bits per heavy atom. The molecule has 0 fully saturated rings. The van der Waals surface area contributed by atoms with E-state index in [4.69, 9.17) is 11.6 Å². The van der Waals surface area contributed by atoms with Gasteiger partial charge in [0.2, 0.25) is 11.8 Å². The number of para-hydroxylation sites is 1. The number of rotatable bonds is 4. The molecule has 0 saturated heterocycles. The Morgan fingerprint density at radius 2 is 2.06 bits per heavy atom. The molecular formula is C11H12BrClN2O2. The normalized spacial score (nSPS) is 9.82. The fourth-order valence-electron chi connectivity index (χ4n) is 1.20. The molecule has 0 aliphatic carbocycles. The molecule has 0 heterocycles. The van der Waals surface area contributed by atoms with Crippen LogP contribution >= 0.6 is 27.5 Å². The topological polar surface area (TPSA) is 49.4 Å². The Bertz CT molecular complexity index is 426. The minimum atomic E-state index is -0.361. The third-order valence-corrected chi connectivity index (χ3v) is 3.06. The Balaban J connectivity index is 2.64. The summed E-state index contributed by atoms with van der Waals surface area (Å²) in [6.45, 7) is -0.0661. The third-order valence-electron chi connectivity index (χ3n) is 2.15. The lowest BCUT2D eigenvalue weighted by Gasteiger charge is -2.18. The largest absolute Gasteiger partial charge is 0.346 e. The van der Waals surface area contributed by atoms with Crippen molar-refractivity contribution in [2.24, 2.45) is 0 Å². The lowest BCUT2D eigenvalue weighted by Crippen LogP contribution is -2.38. The van der Waals surface area contributed by atoms with Crippen LogP contribution in [0.5, 0.6) is 0 Å². The number of nitrogens with zero attached hydrogens (tertiary/aromatic N) is 1. The molecule has 0 aromatic heterocycles. The van der Waals surface area contributed by atoms with Crippen LogP contribution in [-0.4, -0.2) is 31.3 Å². The summed E-state index contributed by atoms with van der Waals surface area (Å²) in [4.78, 5) is 24.2. The first kappa shape index (κ1) is 14.0. The van der Waals surface area contributed by atoms with Gasteiger partial charge in [0.05, 0.1) is 12.2 Å². The van der Waals surface area contributed by atoms with Gasteiger partial charge in [-0.05, 0) is 28.1 Å². The van der Waals surface area contributed by atoms with E-state index < -0.39 is 0 Å². The zero-order valence-corrected chi connectivity index (χ0v) is 11.6. The van der Waals surface area contributed by atoms with Gasteiger partial charge in [-0.25, -0.2) is 0 Å². The molecule has 2 amide bonds. The first-order valence-electron chi connectivity index (χ1n) is 4.90. The number of hydrogen-bond acceptors (Lipinski definition) is 2. The minimum absolute atomic E-state index is 0.0661. The van der Waals surface area contributed by atoms with E-state index in [1.54, 1.807) is 7.05 Å². The molecule has 6 heteroatoms.